The molecule has 1 atom stereocenters. The quantitative estimate of drug-likeness (QED) is 0.415. The third-order valence-corrected chi connectivity index (χ3v) is 3.32. The molecule has 0 heterocycles. The van der Waals surface area contributed by atoms with Gasteiger partial charge in [-0.2, -0.15) is 0 Å². The van der Waals surface area contributed by atoms with Crippen LogP contribution in [0.15, 0.2) is 29.3 Å². The van der Waals surface area contributed by atoms with E-state index in [2.05, 4.69) is 36.0 Å². The summed E-state index contributed by atoms with van der Waals surface area (Å²) in [5.41, 5.74) is 6.80. The lowest BCUT2D eigenvalue weighted by atomic mass is 10.3. The number of guanidine groups is 1. The Labute approximate surface area is 145 Å². The van der Waals surface area contributed by atoms with Crippen LogP contribution in [0.5, 0.6) is 5.75 Å². The minimum atomic E-state index is 0. The van der Waals surface area contributed by atoms with Gasteiger partial charge in [0.2, 0.25) is 0 Å². The van der Waals surface area contributed by atoms with E-state index < -0.39 is 0 Å². The monoisotopic (exact) mass is 406 g/mol. The summed E-state index contributed by atoms with van der Waals surface area (Å²) < 4.78 is 5.11. The molecule has 0 aromatic heterocycles. The van der Waals surface area contributed by atoms with Gasteiger partial charge in [-0.25, -0.2) is 0 Å². The summed E-state index contributed by atoms with van der Waals surface area (Å²) in [6, 6.07) is 7.98. The average molecular weight is 406 g/mol. The highest BCUT2D eigenvalue weighted by Crippen LogP contribution is 2.14. The first-order valence-electron chi connectivity index (χ1n) is 7.05. The van der Waals surface area contributed by atoms with Crippen molar-refractivity contribution in [2.75, 3.05) is 32.1 Å². The molecule has 0 fully saturated rings. The average Bonchev–Trinajstić information content (AvgIpc) is 2.47. The second-order valence-corrected chi connectivity index (χ2v) is 4.65. The summed E-state index contributed by atoms with van der Waals surface area (Å²) in [6.45, 7) is 9.22. The SMILES string of the molecule is CCN(CC)C(C)CN=C(N)Nc1ccc(OC)cc1.I. The molecule has 3 N–H and O–H groups in total. The molecule has 0 aliphatic carbocycles. The number of nitrogens with two attached hydrogens (primary N) is 1. The van der Waals surface area contributed by atoms with E-state index in [9.17, 15) is 0 Å². The van der Waals surface area contributed by atoms with Crippen LogP contribution in [0.2, 0.25) is 0 Å². The minimum absolute atomic E-state index is 0. The van der Waals surface area contributed by atoms with Crippen LogP contribution in [0.3, 0.4) is 0 Å². The fraction of sp³-hybridized carbons (Fsp3) is 0.533. The lowest BCUT2D eigenvalue weighted by Gasteiger charge is -2.24. The molecule has 0 bridgehead atoms. The van der Waals surface area contributed by atoms with Crippen molar-refractivity contribution in [1.29, 1.82) is 0 Å². The number of nitrogens with zero attached hydrogens (tertiary/aromatic N) is 2. The molecule has 0 saturated carbocycles. The topological polar surface area (TPSA) is 62.9 Å². The number of halogens is 1. The summed E-state index contributed by atoms with van der Waals surface area (Å²) in [7, 11) is 1.65. The van der Waals surface area contributed by atoms with Crippen LogP contribution in [0.1, 0.15) is 20.8 Å². The summed E-state index contributed by atoms with van der Waals surface area (Å²) in [5, 5.41) is 3.08. The second kappa shape index (κ2) is 10.7. The van der Waals surface area contributed by atoms with E-state index in [1.54, 1.807) is 7.11 Å². The van der Waals surface area contributed by atoms with Crippen molar-refractivity contribution in [3.05, 3.63) is 24.3 Å². The van der Waals surface area contributed by atoms with E-state index in [4.69, 9.17) is 10.5 Å². The molecule has 0 amide bonds. The zero-order valence-corrected chi connectivity index (χ0v) is 15.6. The van der Waals surface area contributed by atoms with Crippen molar-refractivity contribution in [3.63, 3.8) is 0 Å². The van der Waals surface area contributed by atoms with Gasteiger partial charge in [0.15, 0.2) is 5.96 Å². The van der Waals surface area contributed by atoms with Crippen LogP contribution >= 0.6 is 24.0 Å². The number of anilines is 1. The molecular formula is C15H27IN4O. The first-order valence-corrected chi connectivity index (χ1v) is 7.05. The molecule has 0 spiro atoms. The Bertz CT molecular complexity index is 418. The first-order chi connectivity index (χ1) is 9.60. The van der Waals surface area contributed by atoms with Crippen molar-refractivity contribution >= 4 is 35.6 Å². The van der Waals surface area contributed by atoms with Crippen molar-refractivity contribution in [1.82, 2.24) is 4.90 Å². The summed E-state index contributed by atoms with van der Waals surface area (Å²) in [5.74, 6) is 1.26. The number of likely N-dealkylation sites (N-methyl/N-ethyl adjacent to an activating group) is 1. The van der Waals surface area contributed by atoms with Gasteiger partial charge < -0.3 is 15.8 Å². The fourth-order valence-electron chi connectivity index (χ4n) is 2.05. The Morgan fingerprint density at radius 2 is 1.86 bits per heavy atom. The number of aliphatic imine (C=N–C) groups is 1. The third-order valence-electron chi connectivity index (χ3n) is 3.32. The summed E-state index contributed by atoms with van der Waals surface area (Å²) in [4.78, 5) is 6.74. The molecule has 5 nitrogen and oxygen atoms in total. The number of nitrogens with one attached hydrogen (secondary N) is 1. The van der Waals surface area contributed by atoms with Gasteiger partial charge in [-0.1, -0.05) is 13.8 Å². The largest absolute Gasteiger partial charge is 0.497 e. The zero-order chi connectivity index (χ0) is 15.0. The van der Waals surface area contributed by atoms with Crippen molar-refractivity contribution in [2.45, 2.75) is 26.8 Å². The van der Waals surface area contributed by atoms with Gasteiger partial charge in [-0.05, 0) is 44.3 Å². The molecule has 0 saturated heterocycles. The molecular weight excluding hydrogens is 379 g/mol. The van der Waals surface area contributed by atoms with E-state index in [-0.39, 0.29) is 24.0 Å². The Balaban J connectivity index is 0.00000400. The molecule has 1 unspecified atom stereocenters. The molecule has 6 heteroatoms. The van der Waals surface area contributed by atoms with Gasteiger partial charge in [0.05, 0.1) is 13.7 Å². The Morgan fingerprint density at radius 1 is 1.29 bits per heavy atom. The second-order valence-electron chi connectivity index (χ2n) is 4.65. The van der Waals surface area contributed by atoms with Crippen molar-refractivity contribution < 1.29 is 4.74 Å². The Morgan fingerprint density at radius 3 is 2.33 bits per heavy atom. The number of hydrogen-bond acceptors (Lipinski definition) is 3. The van der Waals surface area contributed by atoms with E-state index >= 15 is 0 Å². The van der Waals surface area contributed by atoms with Gasteiger partial charge in [0.1, 0.15) is 5.75 Å². The molecule has 1 aromatic carbocycles. The lowest BCUT2D eigenvalue weighted by molar-refractivity contribution is 0.237. The highest BCUT2D eigenvalue weighted by Gasteiger charge is 2.08. The molecule has 21 heavy (non-hydrogen) atoms. The van der Waals surface area contributed by atoms with Crippen LogP contribution in [0.4, 0.5) is 5.69 Å². The Kier molecular flexibility index (Phi) is 10.2. The smallest absolute Gasteiger partial charge is 0.193 e. The molecule has 120 valence electrons. The number of rotatable bonds is 7. The number of methoxy groups -OCH3 is 1. The highest BCUT2D eigenvalue weighted by atomic mass is 127. The van der Waals surface area contributed by atoms with Gasteiger partial charge >= 0.3 is 0 Å². The first kappa shape index (κ1) is 20.0. The maximum Gasteiger partial charge on any atom is 0.193 e. The van der Waals surface area contributed by atoms with Crippen LogP contribution in [-0.4, -0.2) is 43.6 Å². The van der Waals surface area contributed by atoms with Crippen LogP contribution in [-0.2, 0) is 0 Å². The predicted molar refractivity (Wildman–Crippen MR) is 101 cm³/mol. The third kappa shape index (κ3) is 6.99. The summed E-state index contributed by atoms with van der Waals surface area (Å²) in [6.07, 6.45) is 0. The van der Waals surface area contributed by atoms with Gasteiger partial charge in [0, 0.05) is 11.7 Å². The van der Waals surface area contributed by atoms with E-state index in [0.717, 1.165) is 24.5 Å². The van der Waals surface area contributed by atoms with E-state index in [1.165, 1.54) is 0 Å². The minimum Gasteiger partial charge on any atom is -0.497 e. The molecule has 1 aromatic rings. The Hall–Kier alpha value is -1.02. The normalized spacial score (nSPS) is 12.7. The standard InChI is InChI=1S/C15H26N4O.HI/c1-5-19(6-2)12(3)11-17-15(16)18-13-7-9-14(20-4)10-8-13;/h7-10,12H,5-6,11H2,1-4H3,(H3,16,17,18);1H. The van der Waals surface area contributed by atoms with Gasteiger partial charge in [0.25, 0.3) is 0 Å². The maximum atomic E-state index is 5.90. The molecule has 1 rings (SSSR count). The fourth-order valence-corrected chi connectivity index (χ4v) is 2.05. The number of benzene rings is 1. The maximum absolute atomic E-state index is 5.90. The zero-order valence-electron chi connectivity index (χ0n) is 13.3. The molecule has 0 radical (unpaired) electrons. The van der Waals surface area contributed by atoms with Crippen molar-refractivity contribution in [3.8, 4) is 5.75 Å². The molecule has 0 aliphatic rings. The van der Waals surface area contributed by atoms with E-state index in [1.807, 2.05) is 24.3 Å². The predicted octanol–water partition coefficient (Wildman–Crippen LogP) is 2.77. The van der Waals surface area contributed by atoms with Crippen LogP contribution in [0.25, 0.3) is 0 Å². The lowest BCUT2D eigenvalue weighted by Crippen LogP contribution is -2.36. The number of ether oxygens (including phenoxy) is 1. The highest BCUT2D eigenvalue weighted by molar-refractivity contribution is 14.0. The van der Waals surface area contributed by atoms with Crippen LogP contribution in [0, 0.1) is 0 Å². The van der Waals surface area contributed by atoms with Crippen LogP contribution < -0.4 is 15.8 Å². The van der Waals surface area contributed by atoms with Gasteiger partial charge in [-0.3, -0.25) is 9.89 Å². The van der Waals surface area contributed by atoms with Gasteiger partial charge in [-0.15, -0.1) is 24.0 Å². The van der Waals surface area contributed by atoms with E-state index in [0.29, 0.717) is 18.5 Å². The summed E-state index contributed by atoms with van der Waals surface area (Å²) >= 11 is 0. The molecule has 0 aliphatic heterocycles. The number of hydrogen-bond donors (Lipinski definition) is 2. The van der Waals surface area contributed by atoms with Crippen molar-refractivity contribution in [2.24, 2.45) is 10.7 Å².